The molecule has 0 aliphatic carbocycles. The first-order valence-corrected chi connectivity index (χ1v) is 9.53. The highest BCUT2D eigenvalue weighted by molar-refractivity contribution is 5.76. The Hall–Kier alpha value is -3.33. The average molecular weight is 414 g/mol. The number of hydrogen-bond acceptors (Lipinski definition) is 8. The third-order valence-corrected chi connectivity index (χ3v) is 4.66. The summed E-state index contributed by atoms with van der Waals surface area (Å²) in [7, 11) is 7.01. The van der Waals surface area contributed by atoms with E-state index in [-0.39, 0.29) is 18.4 Å². The van der Waals surface area contributed by atoms with Crippen molar-refractivity contribution in [3.8, 4) is 22.9 Å². The lowest BCUT2D eigenvalue weighted by Gasteiger charge is -2.22. The SMILES string of the molecule is COc1ccc(-c2noc(CCC(=O)NCC(c3ccco3)N(C)C)n2)cc1OC. The Kier molecular flexibility index (Phi) is 7.08. The van der Waals surface area contributed by atoms with E-state index in [1.165, 1.54) is 0 Å². The van der Waals surface area contributed by atoms with Gasteiger partial charge < -0.3 is 23.7 Å². The predicted molar refractivity (Wildman–Crippen MR) is 109 cm³/mol. The molecule has 0 radical (unpaired) electrons. The van der Waals surface area contributed by atoms with Crippen LogP contribution < -0.4 is 14.8 Å². The largest absolute Gasteiger partial charge is 0.493 e. The number of methoxy groups -OCH3 is 2. The first-order valence-electron chi connectivity index (χ1n) is 9.53. The minimum Gasteiger partial charge on any atom is -0.493 e. The Morgan fingerprint density at radius 1 is 1.20 bits per heavy atom. The van der Waals surface area contributed by atoms with Gasteiger partial charge in [-0.15, -0.1) is 0 Å². The number of furan rings is 1. The molecule has 0 aliphatic rings. The van der Waals surface area contributed by atoms with Crippen molar-refractivity contribution < 1.29 is 23.2 Å². The minimum atomic E-state index is -0.0979. The number of nitrogens with zero attached hydrogens (tertiary/aromatic N) is 3. The van der Waals surface area contributed by atoms with E-state index in [9.17, 15) is 4.79 Å². The van der Waals surface area contributed by atoms with Crippen LogP contribution in [0.3, 0.4) is 0 Å². The Bertz CT molecular complexity index is 952. The van der Waals surface area contributed by atoms with Gasteiger partial charge in [-0.2, -0.15) is 4.98 Å². The van der Waals surface area contributed by atoms with Gasteiger partial charge in [0.25, 0.3) is 0 Å². The highest BCUT2D eigenvalue weighted by Gasteiger charge is 2.18. The number of carbonyl (C=O) groups is 1. The van der Waals surface area contributed by atoms with E-state index in [0.717, 1.165) is 11.3 Å². The van der Waals surface area contributed by atoms with Crippen LogP contribution in [0, 0.1) is 0 Å². The van der Waals surface area contributed by atoms with Gasteiger partial charge in [0.15, 0.2) is 11.5 Å². The Morgan fingerprint density at radius 2 is 2.00 bits per heavy atom. The summed E-state index contributed by atoms with van der Waals surface area (Å²) < 4.78 is 21.3. The summed E-state index contributed by atoms with van der Waals surface area (Å²) in [4.78, 5) is 18.6. The van der Waals surface area contributed by atoms with Gasteiger partial charge in [0, 0.05) is 24.9 Å². The van der Waals surface area contributed by atoms with Gasteiger partial charge in [0.1, 0.15) is 5.76 Å². The fraction of sp³-hybridized carbons (Fsp3) is 0.381. The van der Waals surface area contributed by atoms with Crippen molar-refractivity contribution >= 4 is 5.91 Å². The molecule has 0 spiro atoms. The van der Waals surface area contributed by atoms with Crippen LogP contribution in [0.15, 0.2) is 45.5 Å². The second-order valence-electron chi connectivity index (χ2n) is 6.88. The molecule has 9 heteroatoms. The lowest BCUT2D eigenvalue weighted by molar-refractivity contribution is -0.121. The topological polar surface area (TPSA) is 103 Å². The van der Waals surface area contributed by atoms with Gasteiger partial charge >= 0.3 is 0 Å². The predicted octanol–water partition coefficient (Wildman–Crippen LogP) is 2.70. The van der Waals surface area contributed by atoms with Crippen molar-refractivity contribution in [1.82, 2.24) is 20.4 Å². The van der Waals surface area contributed by atoms with Crippen molar-refractivity contribution in [3.05, 3.63) is 48.2 Å². The lowest BCUT2D eigenvalue weighted by atomic mass is 10.2. The van der Waals surface area contributed by atoms with Crippen LogP contribution >= 0.6 is 0 Å². The van der Waals surface area contributed by atoms with Crippen molar-refractivity contribution in [2.45, 2.75) is 18.9 Å². The smallest absolute Gasteiger partial charge is 0.227 e. The standard InChI is InChI=1S/C21H26N4O5/c1-25(2)15(16-6-5-11-29-16)13-22-19(26)9-10-20-23-21(24-30-20)14-7-8-17(27-3)18(12-14)28-4/h5-8,11-12,15H,9-10,13H2,1-4H3,(H,22,26). The molecular formula is C21H26N4O5. The van der Waals surface area contributed by atoms with Crippen LogP contribution in [0.5, 0.6) is 11.5 Å². The molecule has 30 heavy (non-hydrogen) atoms. The maximum absolute atomic E-state index is 12.3. The fourth-order valence-corrected chi connectivity index (χ4v) is 2.99. The van der Waals surface area contributed by atoms with Gasteiger partial charge in [0.05, 0.1) is 26.5 Å². The Morgan fingerprint density at radius 3 is 2.67 bits per heavy atom. The van der Waals surface area contributed by atoms with Crippen LogP contribution in [-0.2, 0) is 11.2 Å². The zero-order chi connectivity index (χ0) is 21.5. The molecule has 9 nitrogen and oxygen atoms in total. The number of amides is 1. The number of benzene rings is 1. The summed E-state index contributed by atoms with van der Waals surface area (Å²) in [5, 5.41) is 6.92. The molecule has 1 amide bonds. The quantitative estimate of drug-likeness (QED) is 0.540. The molecule has 0 aliphatic heterocycles. The van der Waals surface area contributed by atoms with Crippen LogP contribution in [0.1, 0.15) is 24.1 Å². The number of carbonyl (C=O) groups excluding carboxylic acids is 1. The molecule has 3 rings (SSSR count). The molecule has 0 bridgehead atoms. The van der Waals surface area contributed by atoms with Crippen LogP contribution in [0.2, 0.25) is 0 Å². The van der Waals surface area contributed by atoms with Gasteiger partial charge in [-0.05, 0) is 44.4 Å². The molecule has 3 aromatic rings. The molecule has 1 unspecified atom stereocenters. The highest BCUT2D eigenvalue weighted by Crippen LogP contribution is 2.31. The van der Waals surface area contributed by atoms with Gasteiger partial charge in [-0.3, -0.25) is 9.69 Å². The van der Waals surface area contributed by atoms with E-state index >= 15 is 0 Å². The second-order valence-corrected chi connectivity index (χ2v) is 6.88. The van der Waals surface area contributed by atoms with Gasteiger partial charge in [-0.25, -0.2) is 0 Å². The second kappa shape index (κ2) is 9.93. The van der Waals surface area contributed by atoms with Crippen molar-refractivity contribution in [3.63, 3.8) is 0 Å². The molecule has 160 valence electrons. The van der Waals surface area contributed by atoms with E-state index < -0.39 is 0 Å². The van der Waals surface area contributed by atoms with Crippen LogP contribution in [-0.4, -0.2) is 55.8 Å². The Labute approximate surface area is 175 Å². The van der Waals surface area contributed by atoms with E-state index in [1.807, 2.05) is 37.2 Å². The molecule has 1 N–H and O–H groups in total. The zero-order valence-corrected chi connectivity index (χ0v) is 17.5. The molecule has 2 aromatic heterocycles. The van der Waals surface area contributed by atoms with Crippen molar-refractivity contribution in [1.29, 1.82) is 0 Å². The normalized spacial score (nSPS) is 12.0. The zero-order valence-electron chi connectivity index (χ0n) is 17.5. The molecule has 1 aromatic carbocycles. The monoisotopic (exact) mass is 414 g/mol. The number of nitrogens with one attached hydrogen (secondary N) is 1. The third-order valence-electron chi connectivity index (χ3n) is 4.66. The van der Waals surface area contributed by atoms with Crippen molar-refractivity contribution in [2.75, 3.05) is 34.9 Å². The summed E-state index contributed by atoms with van der Waals surface area (Å²) in [5.41, 5.74) is 0.736. The van der Waals surface area contributed by atoms with E-state index in [0.29, 0.717) is 36.2 Å². The summed E-state index contributed by atoms with van der Waals surface area (Å²) in [6.45, 7) is 0.445. The Balaban J connectivity index is 1.54. The van der Waals surface area contributed by atoms with Crippen LogP contribution in [0.4, 0.5) is 0 Å². The van der Waals surface area contributed by atoms with E-state index in [4.69, 9.17) is 18.4 Å². The van der Waals surface area contributed by atoms with Crippen molar-refractivity contribution in [2.24, 2.45) is 0 Å². The maximum atomic E-state index is 12.3. The number of rotatable bonds is 10. The summed E-state index contributed by atoms with van der Waals surface area (Å²) in [5.74, 6) is 2.72. The lowest BCUT2D eigenvalue weighted by Crippen LogP contribution is -2.34. The number of aromatic nitrogens is 2. The molecular weight excluding hydrogens is 388 g/mol. The van der Waals surface area contributed by atoms with Gasteiger partial charge in [0.2, 0.25) is 17.6 Å². The van der Waals surface area contributed by atoms with Crippen LogP contribution in [0.25, 0.3) is 11.4 Å². The van der Waals surface area contributed by atoms with E-state index in [2.05, 4.69) is 15.5 Å². The first-order chi connectivity index (χ1) is 14.5. The number of aryl methyl sites for hydroxylation is 1. The van der Waals surface area contributed by atoms with Gasteiger partial charge in [-0.1, -0.05) is 5.16 Å². The molecule has 0 fully saturated rings. The molecule has 1 atom stereocenters. The summed E-state index contributed by atoms with van der Waals surface area (Å²) in [6, 6.07) is 9.06. The average Bonchev–Trinajstić information content (AvgIpc) is 3.44. The third kappa shape index (κ3) is 5.18. The number of ether oxygens (including phenoxy) is 2. The molecule has 2 heterocycles. The summed E-state index contributed by atoms with van der Waals surface area (Å²) in [6.07, 6.45) is 2.21. The molecule has 0 saturated carbocycles. The minimum absolute atomic E-state index is 0.0380. The fourth-order valence-electron chi connectivity index (χ4n) is 2.99. The number of likely N-dealkylation sites (N-methyl/N-ethyl adjacent to an activating group) is 1. The maximum Gasteiger partial charge on any atom is 0.227 e. The molecule has 0 saturated heterocycles. The summed E-state index contributed by atoms with van der Waals surface area (Å²) >= 11 is 0. The first kappa shape index (κ1) is 21.4. The number of hydrogen-bond donors (Lipinski definition) is 1. The highest BCUT2D eigenvalue weighted by atomic mass is 16.5. The van der Waals surface area contributed by atoms with E-state index in [1.54, 1.807) is 32.6 Å².